The van der Waals surface area contributed by atoms with Crippen LogP contribution in [0.5, 0.6) is 5.75 Å². The number of sulfonamides is 1. The summed E-state index contributed by atoms with van der Waals surface area (Å²) >= 11 is 0. The van der Waals surface area contributed by atoms with Gasteiger partial charge >= 0.3 is 0 Å². The summed E-state index contributed by atoms with van der Waals surface area (Å²) in [6.07, 6.45) is 3.03. The fourth-order valence-corrected chi connectivity index (χ4v) is 3.39. The number of para-hydroxylation sites is 1. The van der Waals surface area contributed by atoms with E-state index in [1.807, 2.05) is 24.3 Å². The predicted octanol–water partition coefficient (Wildman–Crippen LogP) is 3.28. The number of pyridine rings is 1. The summed E-state index contributed by atoms with van der Waals surface area (Å²) in [5.74, 6) is 0.160. The minimum atomic E-state index is -3.71. The highest BCUT2D eigenvalue weighted by atomic mass is 32.2. The third kappa shape index (κ3) is 3.55. The van der Waals surface area contributed by atoms with Crippen LogP contribution in [-0.2, 0) is 10.0 Å². The van der Waals surface area contributed by atoms with Gasteiger partial charge < -0.3 is 5.11 Å². The van der Waals surface area contributed by atoms with E-state index in [0.717, 1.165) is 16.5 Å². The first-order valence-electron chi connectivity index (χ1n) is 7.29. The number of hydrogen-bond acceptors (Lipinski definition) is 4. The summed E-state index contributed by atoms with van der Waals surface area (Å²) < 4.78 is 27.5. The minimum absolute atomic E-state index is 0.111. The van der Waals surface area contributed by atoms with Crippen LogP contribution in [-0.4, -0.2) is 18.5 Å². The van der Waals surface area contributed by atoms with Crippen LogP contribution in [0.15, 0.2) is 71.4 Å². The fraction of sp³-hybridized carbons (Fsp3) is 0.0556. The molecule has 0 bridgehead atoms. The van der Waals surface area contributed by atoms with Crippen molar-refractivity contribution in [2.75, 3.05) is 0 Å². The van der Waals surface area contributed by atoms with Gasteiger partial charge in [0.1, 0.15) is 10.6 Å². The summed E-state index contributed by atoms with van der Waals surface area (Å²) in [6.45, 7) is 1.67. The lowest BCUT2D eigenvalue weighted by atomic mass is 10.2. The Hall–Kier alpha value is -2.86. The van der Waals surface area contributed by atoms with E-state index in [4.69, 9.17) is 0 Å². The summed E-state index contributed by atoms with van der Waals surface area (Å²) in [6, 6.07) is 15.4. The maximum Gasteiger partial charge on any atom is 0.263 e. The molecule has 0 aliphatic carbocycles. The number of hydrogen-bond donors (Lipinski definition) is 2. The molecule has 0 aliphatic rings. The first-order valence-corrected chi connectivity index (χ1v) is 8.77. The molecule has 0 spiro atoms. The number of aromatic nitrogens is 1. The van der Waals surface area contributed by atoms with Crippen molar-refractivity contribution >= 4 is 27.0 Å². The average molecular weight is 340 g/mol. The molecule has 5 nitrogen and oxygen atoms in total. The highest BCUT2D eigenvalue weighted by Crippen LogP contribution is 2.17. The Morgan fingerprint density at radius 1 is 1.12 bits per heavy atom. The Morgan fingerprint density at radius 3 is 2.58 bits per heavy atom. The van der Waals surface area contributed by atoms with E-state index in [2.05, 4.69) is 9.71 Å². The number of phenols is 1. The molecule has 1 heterocycles. The van der Waals surface area contributed by atoms with Crippen molar-refractivity contribution in [1.29, 1.82) is 0 Å². The van der Waals surface area contributed by atoms with Gasteiger partial charge in [0.2, 0.25) is 0 Å². The van der Waals surface area contributed by atoms with Gasteiger partial charge in [0.05, 0.1) is 5.52 Å². The molecule has 0 atom stereocenters. The van der Waals surface area contributed by atoms with Gasteiger partial charge in [-0.2, -0.15) is 0 Å². The van der Waals surface area contributed by atoms with E-state index in [0.29, 0.717) is 5.70 Å². The molecular formula is C18H16N2O3S. The second-order valence-electron chi connectivity index (χ2n) is 5.39. The Morgan fingerprint density at radius 2 is 1.83 bits per heavy atom. The smallest absolute Gasteiger partial charge is 0.263 e. The van der Waals surface area contributed by atoms with Crippen LogP contribution in [0, 0.1) is 0 Å². The molecule has 3 rings (SSSR count). The first kappa shape index (κ1) is 16.0. The highest BCUT2D eigenvalue weighted by Gasteiger charge is 2.15. The highest BCUT2D eigenvalue weighted by molar-refractivity contribution is 7.89. The van der Waals surface area contributed by atoms with E-state index in [1.54, 1.807) is 43.3 Å². The monoisotopic (exact) mass is 340 g/mol. The molecule has 0 aliphatic heterocycles. The number of nitrogens with zero attached hydrogens (tertiary/aromatic N) is 1. The fourth-order valence-electron chi connectivity index (χ4n) is 2.32. The second-order valence-corrected chi connectivity index (χ2v) is 7.07. The van der Waals surface area contributed by atoms with E-state index in [1.165, 1.54) is 6.20 Å². The molecule has 0 saturated heterocycles. The number of fused-ring (bicyclic) bond motifs is 1. The maximum absolute atomic E-state index is 12.5. The number of benzene rings is 2. The van der Waals surface area contributed by atoms with Crippen LogP contribution >= 0.6 is 0 Å². The normalized spacial score (nSPS) is 12.3. The molecule has 0 amide bonds. The van der Waals surface area contributed by atoms with Crippen molar-refractivity contribution in [1.82, 2.24) is 9.71 Å². The van der Waals surface area contributed by atoms with Crippen molar-refractivity contribution in [3.05, 3.63) is 72.1 Å². The Bertz CT molecular complexity index is 1010. The molecule has 2 aromatic carbocycles. The van der Waals surface area contributed by atoms with E-state index in [-0.39, 0.29) is 10.6 Å². The quantitative estimate of drug-likeness (QED) is 0.764. The Balaban J connectivity index is 1.87. The number of phenolic OH excluding ortho intramolecular Hbond substituents is 1. The van der Waals surface area contributed by atoms with Gasteiger partial charge in [0.15, 0.2) is 0 Å². The topological polar surface area (TPSA) is 79.3 Å². The average Bonchev–Trinajstić information content (AvgIpc) is 2.56. The summed E-state index contributed by atoms with van der Waals surface area (Å²) in [5.41, 5.74) is 1.99. The first-order chi connectivity index (χ1) is 11.4. The van der Waals surface area contributed by atoms with Crippen LogP contribution in [0.4, 0.5) is 0 Å². The lowest BCUT2D eigenvalue weighted by molar-refractivity contribution is 0.475. The standard InChI is InChI=1S/C18H16N2O3S/c1-13(10-14-6-8-16(21)9-7-14)20-24(22,23)17-11-15-4-2-3-5-18(15)19-12-17/h2-12,20-21H,1H3. The van der Waals surface area contributed by atoms with Crippen LogP contribution < -0.4 is 4.72 Å². The van der Waals surface area contributed by atoms with Crippen molar-refractivity contribution in [3.8, 4) is 5.75 Å². The van der Waals surface area contributed by atoms with Gasteiger partial charge in [-0.25, -0.2) is 8.42 Å². The maximum atomic E-state index is 12.5. The van der Waals surface area contributed by atoms with Crippen LogP contribution in [0.2, 0.25) is 0 Å². The molecule has 0 unspecified atom stereocenters. The Kier molecular flexibility index (Phi) is 4.22. The predicted molar refractivity (Wildman–Crippen MR) is 93.8 cm³/mol. The third-order valence-corrected chi connectivity index (χ3v) is 4.88. The van der Waals surface area contributed by atoms with Gasteiger partial charge in [0.25, 0.3) is 10.0 Å². The third-order valence-electron chi connectivity index (χ3n) is 3.45. The molecular weight excluding hydrogens is 324 g/mol. The zero-order valence-corrected chi connectivity index (χ0v) is 13.8. The Labute approximate surface area is 140 Å². The van der Waals surface area contributed by atoms with Crippen LogP contribution in [0.3, 0.4) is 0 Å². The molecule has 1 aromatic heterocycles. The zero-order valence-electron chi connectivity index (χ0n) is 13.0. The van der Waals surface area contributed by atoms with Gasteiger partial charge in [-0.3, -0.25) is 9.71 Å². The number of aromatic hydroxyl groups is 1. The van der Waals surface area contributed by atoms with Gasteiger partial charge in [-0.15, -0.1) is 0 Å². The molecule has 0 fully saturated rings. The number of rotatable bonds is 4. The van der Waals surface area contributed by atoms with Crippen LogP contribution in [0.1, 0.15) is 12.5 Å². The van der Waals surface area contributed by atoms with Crippen LogP contribution in [0.25, 0.3) is 17.0 Å². The molecule has 2 N–H and O–H groups in total. The SMILES string of the molecule is CC(=Cc1ccc(O)cc1)NS(=O)(=O)c1cnc2ccccc2c1. The molecule has 6 heteroatoms. The van der Waals surface area contributed by atoms with Gasteiger partial charge in [-0.1, -0.05) is 30.3 Å². The van der Waals surface area contributed by atoms with E-state index >= 15 is 0 Å². The van der Waals surface area contributed by atoms with Gasteiger partial charge in [0, 0.05) is 17.3 Å². The minimum Gasteiger partial charge on any atom is -0.508 e. The summed E-state index contributed by atoms with van der Waals surface area (Å²) in [4.78, 5) is 4.29. The lowest BCUT2D eigenvalue weighted by Crippen LogP contribution is -2.21. The van der Waals surface area contributed by atoms with Crippen molar-refractivity contribution < 1.29 is 13.5 Å². The molecule has 24 heavy (non-hydrogen) atoms. The second kappa shape index (κ2) is 6.33. The molecule has 122 valence electrons. The summed E-state index contributed by atoms with van der Waals surface area (Å²) in [7, 11) is -3.71. The van der Waals surface area contributed by atoms with E-state index < -0.39 is 10.0 Å². The lowest BCUT2D eigenvalue weighted by Gasteiger charge is -2.09. The number of allylic oxidation sites excluding steroid dienone is 1. The van der Waals surface area contributed by atoms with Crippen molar-refractivity contribution in [2.45, 2.75) is 11.8 Å². The largest absolute Gasteiger partial charge is 0.508 e. The van der Waals surface area contributed by atoms with Crippen molar-refractivity contribution in [3.63, 3.8) is 0 Å². The van der Waals surface area contributed by atoms with E-state index in [9.17, 15) is 13.5 Å². The van der Waals surface area contributed by atoms with Gasteiger partial charge in [-0.05, 0) is 42.8 Å². The van der Waals surface area contributed by atoms with Crippen molar-refractivity contribution in [2.24, 2.45) is 0 Å². The summed E-state index contributed by atoms with van der Waals surface area (Å²) in [5, 5.41) is 10.0. The number of nitrogens with one attached hydrogen (secondary N) is 1. The molecule has 3 aromatic rings. The molecule has 0 saturated carbocycles. The molecule has 0 radical (unpaired) electrons. The zero-order chi connectivity index (χ0) is 17.2.